The van der Waals surface area contributed by atoms with Gasteiger partial charge in [0.2, 0.25) is 6.79 Å². The summed E-state index contributed by atoms with van der Waals surface area (Å²) in [4.78, 5) is 18.0. The number of H-pyrrole nitrogens is 1. The van der Waals surface area contributed by atoms with Crippen LogP contribution in [0, 0.1) is 0 Å². The zero-order valence-corrected chi connectivity index (χ0v) is 10.2. The third-order valence-electron chi connectivity index (χ3n) is 3.06. The van der Waals surface area contributed by atoms with Gasteiger partial charge in [0.15, 0.2) is 11.5 Å². The molecule has 0 bridgehead atoms. The van der Waals surface area contributed by atoms with E-state index in [1.807, 2.05) is 18.2 Å². The monoisotopic (exact) mass is 260 g/mol. The summed E-state index contributed by atoms with van der Waals surface area (Å²) in [7, 11) is 0. The molecule has 0 radical (unpaired) electrons. The Labute approximate surface area is 109 Å². The number of nitrogens with one attached hydrogen (secondary N) is 1. The number of nitrogens with zero attached hydrogens (tertiary/aromatic N) is 1. The Morgan fingerprint density at radius 2 is 2.21 bits per heavy atom. The molecule has 0 saturated carbocycles. The number of rotatable bonds is 3. The molecule has 0 saturated heterocycles. The van der Waals surface area contributed by atoms with Crippen LogP contribution in [0.1, 0.15) is 18.7 Å². The maximum atomic E-state index is 10.9. The fraction of sp³-hybridized carbons (Fsp3) is 0.231. The zero-order valence-electron chi connectivity index (χ0n) is 10.2. The van der Waals surface area contributed by atoms with E-state index in [-0.39, 0.29) is 6.79 Å². The molecule has 6 nitrogen and oxygen atoms in total. The Kier molecular flexibility index (Phi) is 2.63. The van der Waals surface area contributed by atoms with Crippen LogP contribution in [0.15, 0.2) is 24.4 Å². The fourth-order valence-corrected chi connectivity index (χ4v) is 1.88. The number of carboxylic acid groups (broad SMARTS) is 1. The second kappa shape index (κ2) is 4.31. The van der Waals surface area contributed by atoms with Crippen molar-refractivity contribution in [3.8, 4) is 22.8 Å². The molecule has 19 heavy (non-hydrogen) atoms. The Balaban J connectivity index is 1.92. The van der Waals surface area contributed by atoms with Crippen molar-refractivity contribution in [2.45, 2.75) is 12.8 Å². The summed E-state index contributed by atoms with van der Waals surface area (Å²) in [6.07, 6.45) is 1.62. The molecule has 1 aliphatic rings. The largest absolute Gasteiger partial charge is 0.481 e. The fourth-order valence-electron chi connectivity index (χ4n) is 1.88. The van der Waals surface area contributed by atoms with E-state index in [9.17, 15) is 4.79 Å². The van der Waals surface area contributed by atoms with E-state index < -0.39 is 11.9 Å². The third-order valence-corrected chi connectivity index (χ3v) is 3.06. The summed E-state index contributed by atoms with van der Waals surface area (Å²) in [5.74, 6) is 0.247. The van der Waals surface area contributed by atoms with E-state index in [1.54, 1.807) is 13.1 Å². The summed E-state index contributed by atoms with van der Waals surface area (Å²) in [6, 6.07) is 5.53. The summed E-state index contributed by atoms with van der Waals surface area (Å²) >= 11 is 0. The second-order valence-electron chi connectivity index (χ2n) is 4.31. The maximum Gasteiger partial charge on any atom is 0.313 e. The molecule has 1 unspecified atom stereocenters. The van der Waals surface area contributed by atoms with Gasteiger partial charge in [0.25, 0.3) is 0 Å². The molecule has 2 aromatic rings. The average molecular weight is 260 g/mol. The minimum absolute atomic E-state index is 0.225. The van der Waals surface area contributed by atoms with Crippen LogP contribution >= 0.6 is 0 Å². The van der Waals surface area contributed by atoms with Crippen LogP contribution in [0.25, 0.3) is 11.3 Å². The number of aliphatic carboxylic acids is 1. The van der Waals surface area contributed by atoms with E-state index >= 15 is 0 Å². The van der Waals surface area contributed by atoms with E-state index in [0.717, 1.165) is 11.3 Å². The molecular formula is C13H12N2O4. The van der Waals surface area contributed by atoms with E-state index in [4.69, 9.17) is 14.6 Å². The highest BCUT2D eigenvalue weighted by Crippen LogP contribution is 2.35. The van der Waals surface area contributed by atoms with Crippen molar-refractivity contribution < 1.29 is 19.4 Å². The predicted molar refractivity (Wildman–Crippen MR) is 66.2 cm³/mol. The zero-order chi connectivity index (χ0) is 13.4. The first-order valence-electron chi connectivity index (χ1n) is 5.83. The molecule has 1 aliphatic heterocycles. The highest BCUT2D eigenvalue weighted by Gasteiger charge is 2.19. The van der Waals surface area contributed by atoms with Crippen LogP contribution in [0.3, 0.4) is 0 Å². The minimum atomic E-state index is -0.911. The van der Waals surface area contributed by atoms with Crippen molar-refractivity contribution in [1.82, 2.24) is 9.97 Å². The number of aromatic amines is 1. The van der Waals surface area contributed by atoms with Crippen molar-refractivity contribution in [2.75, 3.05) is 6.79 Å². The summed E-state index contributed by atoms with van der Waals surface area (Å²) in [5.41, 5.74) is 1.63. The molecule has 0 aliphatic carbocycles. The van der Waals surface area contributed by atoms with Gasteiger partial charge in [0.1, 0.15) is 11.7 Å². The van der Waals surface area contributed by atoms with Crippen LogP contribution in [0.4, 0.5) is 0 Å². The van der Waals surface area contributed by atoms with Gasteiger partial charge in [-0.15, -0.1) is 0 Å². The quantitative estimate of drug-likeness (QED) is 0.881. The molecule has 3 rings (SSSR count). The number of carbonyl (C=O) groups is 1. The molecule has 1 aromatic heterocycles. The average Bonchev–Trinajstić information content (AvgIpc) is 3.05. The van der Waals surface area contributed by atoms with Gasteiger partial charge in [0, 0.05) is 5.56 Å². The minimum Gasteiger partial charge on any atom is -0.481 e. The lowest BCUT2D eigenvalue weighted by Crippen LogP contribution is -2.08. The SMILES string of the molecule is CC(C(=O)O)c1ncc(-c2ccc3c(c2)OCO3)[nH]1. The van der Waals surface area contributed by atoms with Gasteiger partial charge in [-0.05, 0) is 25.1 Å². The molecular weight excluding hydrogens is 248 g/mol. The molecule has 1 atom stereocenters. The van der Waals surface area contributed by atoms with Gasteiger partial charge in [-0.1, -0.05) is 0 Å². The van der Waals surface area contributed by atoms with Crippen LogP contribution in [-0.2, 0) is 4.79 Å². The molecule has 0 fully saturated rings. The van der Waals surface area contributed by atoms with Crippen molar-refractivity contribution in [3.63, 3.8) is 0 Å². The van der Waals surface area contributed by atoms with Gasteiger partial charge in [-0.3, -0.25) is 4.79 Å². The predicted octanol–water partition coefficient (Wildman–Crippen LogP) is 1.99. The number of benzene rings is 1. The van der Waals surface area contributed by atoms with Crippen molar-refractivity contribution >= 4 is 5.97 Å². The normalized spacial score (nSPS) is 14.4. The highest BCUT2D eigenvalue weighted by molar-refractivity contribution is 5.75. The number of aromatic nitrogens is 2. The molecule has 2 N–H and O–H groups in total. The summed E-state index contributed by atoms with van der Waals surface area (Å²) in [6.45, 7) is 1.81. The van der Waals surface area contributed by atoms with Crippen molar-refractivity contribution in [1.29, 1.82) is 0 Å². The van der Waals surface area contributed by atoms with Crippen LogP contribution in [0.2, 0.25) is 0 Å². The first kappa shape index (κ1) is 11.6. The second-order valence-corrected chi connectivity index (χ2v) is 4.31. The molecule has 98 valence electrons. The molecule has 1 aromatic carbocycles. The third kappa shape index (κ3) is 2.01. The Bertz CT molecular complexity index is 635. The van der Waals surface area contributed by atoms with Gasteiger partial charge in [-0.2, -0.15) is 0 Å². The van der Waals surface area contributed by atoms with Crippen LogP contribution in [0.5, 0.6) is 11.5 Å². The Morgan fingerprint density at radius 1 is 1.42 bits per heavy atom. The number of hydrogen-bond acceptors (Lipinski definition) is 4. The van der Waals surface area contributed by atoms with Gasteiger partial charge < -0.3 is 19.6 Å². The van der Waals surface area contributed by atoms with Gasteiger partial charge >= 0.3 is 5.97 Å². The van der Waals surface area contributed by atoms with E-state index in [2.05, 4.69) is 9.97 Å². The number of imidazole rings is 1. The standard InChI is InChI=1S/C13H12N2O4/c1-7(13(16)17)12-14-5-9(15-12)8-2-3-10-11(4-8)19-6-18-10/h2-5,7H,6H2,1H3,(H,14,15)(H,16,17). The van der Waals surface area contributed by atoms with Crippen LogP contribution in [-0.4, -0.2) is 27.8 Å². The maximum absolute atomic E-state index is 10.9. The highest BCUT2D eigenvalue weighted by atomic mass is 16.7. The molecule has 2 heterocycles. The Morgan fingerprint density at radius 3 is 3.00 bits per heavy atom. The van der Waals surface area contributed by atoms with Gasteiger partial charge in [-0.25, -0.2) is 4.98 Å². The molecule has 6 heteroatoms. The van der Waals surface area contributed by atoms with Gasteiger partial charge in [0.05, 0.1) is 11.9 Å². The summed E-state index contributed by atoms with van der Waals surface area (Å²) < 4.78 is 10.5. The van der Waals surface area contributed by atoms with Crippen molar-refractivity contribution in [2.24, 2.45) is 0 Å². The van der Waals surface area contributed by atoms with Crippen molar-refractivity contribution in [3.05, 3.63) is 30.2 Å². The topological polar surface area (TPSA) is 84.4 Å². The number of fused-ring (bicyclic) bond motifs is 1. The number of carboxylic acids is 1. The smallest absolute Gasteiger partial charge is 0.313 e. The Hall–Kier alpha value is -2.50. The van der Waals surface area contributed by atoms with E-state index in [1.165, 1.54) is 0 Å². The first-order chi connectivity index (χ1) is 9.15. The molecule has 0 spiro atoms. The number of hydrogen-bond donors (Lipinski definition) is 2. The lowest BCUT2D eigenvalue weighted by Gasteiger charge is -2.02. The lowest BCUT2D eigenvalue weighted by molar-refractivity contribution is -0.138. The van der Waals surface area contributed by atoms with E-state index in [0.29, 0.717) is 17.3 Å². The molecule has 0 amide bonds. The van der Waals surface area contributed by atoms with Crippen LogP contribution < -0.4 is 9.47 Å². The first-order valence-corrected chi connectivity index (χ1v) is 5.83. The lowest BCUT2D eigenvalue weighted by atomic mass is 10.1. The number of ether oxygens (including phenoxy) is 2. The summed E-state index contributed by atoms with van der Waals surface area (Å²) in [5, 5.41) is 8.95.